The molecule has 7 heteroatoms. The molecule has 0 saturated heterocycles. The lowest BCUT2D eigenvalue weighted by molar-refractivity contribution is 0.0474. The Kier molecular flexibility index (Phi) is 4.18. The fraction of sp³-hybridized carbons (Fsp3) is 0.105. The van der Waals surface area contributed by atoms with Gasteiger partial charge in [-0.05, 0) is 23.3 Å². The van der Waals surface area contributed by atoms with Crippen LogP contribution in [0.1, 0.15) is 21.5 Å². The number of aromatic nitrogens is 3. The summed E-state index contributed by atoms with van der Waals surface area (Å²) in [7, 11) is 0. The highest BCUT2D eigenvalue weighted by Crippen LogP contribution is 2.23. The van der Waals surface area contributed by atoms with Crippen molar-refractivity contribution in [3.05, 3.63) is 81.8 Å². The van der Waals surface area contributed by atoms with Crippen molar-refractivity contribution in [3.63, 3.8) is 0 Å². The molecule has 0 aliphatic carbocycles. The standard InChI is InChI=1S/C19H14ClN3O3/c20-10-13-6-7-14-17(22-18(24)15-8-9-21-23(14)15)16(13)19(25)26-11-12-4-2-1-3-5-12/h1-9H,10-11H2,(H,22,24). The summed E-state index contributed by atoms with van der Waals surface area (Å²) in [6.45, 7) is 0.131. The molecule has 4 aromatic rings. The van der Waals surface area contributed by atoms with Crippen molar-refractivity contribution in [2.75, 3.05) is 0 Å². The molecule has 2 heterocycles. The maximum atomic E-state index is 12.8. The van der Waals surface area contributed by atoms with Gasteiger partial charge in [-0.1, -0.05) is 36.4 Å². The maximum absolute atomic E-state index is 12.8. The first-order valence-electron chi connectivity index (χ1n) is 7.97. The zero-order valence-electron chi connectivity index (χ0n) is 13.6. The molecule has 0 radical (unpaired) electrons. The summed E-state index contributed by atoms with van der Waals surface area (Å²) in [5, 5.41) is 4.17. The molecule has 0 aliphatic rings. The Balaban J connectivity index is 1.83. The third-order valence-electron chi connectivity index (χ3n) is 4.17. The van der Waals surface area contributed by atoms with Crippen LogP contribution in [-0.2, 0) is 17.2 Å². The fourth-order valence-corrected chi connectivity index (χ4v) is 3.15. The number of ether oxygens (including phenoxy) is 1. The van der Waals surface area contributed by atoms with Gasteiger partial charge in [0, 0.05) is 5.88 Å². The minimum Gasteiger partial charge on any atom is -0.457 e. The third-order valence-corrected chi connectivity index (χ3v) is 4.46. The van der Waals surface area contributed by atoms with Crippen molar-refractivity contribution in [1.29, 1.82) is 0 Å². The Morgan fingerprint density at radius 1 is 1.12 bits per heavy atom. The van der Waals surface area contributed by atoms with Crippen molar-refractivity contribution in [1.82, 2.24) is 14.6 Å². The van der Waals surface area contributed by atoms with E-state index in [-0.39, 0.29) is 23.6 Å². The molecule has 0 atom stereocenters. The van der Waals surface area contributed by atoms with Gasteiger partial charge >= 0.3 is 5.97 Å². The highest BCUT2D eigenvalue weighted by molar-refractivity contribution is 6.18. The average Bonchev–Trinajstić information content (AvgIpc) is 3.17. The summed E-state index contributed by atoms with van der Waals surface area (Å²) in [5.41, 5.74) is 2.74. The number of benzene rings is 2. The molecular weight excluding hydrogens is 354 g/mol. The van der Waals surface area contributed by atoms with E-state index in [2.05, 4.69) is 10.1 Å². The number of hydrogen-bond acceptors (Lipinski definition) is 4. The van der Waals surface area contributed by atoms with E-state index < -0.39 is 5.97 Å². The van der Waals surface area contributed by atoms with Crippen LogP contribution in [0.25, 0.3) is 16.6 Å². The molecule has 2 aromatic heterocycles. The minimum atomic E-state index is -0.544. The van der Waals surface area contributed by atoms with Gasteiger partial charge in [-0.3, -0.25) is 4.79 Å². The van der Waals surface area contributed by atoms with Crippen LogP contribution in [0.5, 0.6) is 0 Å². The zero-order valence-corrected chi connectivity index (χ0v) is 14.4. The Morgan fingerprint density at radius 2 is 1.92 bits per heavy atom. The molecule has 0 spiro atoms. The SMILES string of the molecule is O=C(OCc1ccccc1)c1c(CCl)ccc2c1[nH]c(=O)c1ccnn12. The predicted molar refractivity (Wildman–Crippen MR) is 98.4 cm³/mol. The third kappa shape index (κ3) is 2.74. The van der Waals surface area contributed by atoms with E-state index in [0.717, 1.165) is 5.56 Å². The molecule has 26 heavy (non-hydrogen) atoms. The average molecular weight is 368 g/mol. The smallest absolute Gasteiger partial charge is 0.341 e. The van der Waals surface area contributed by atoms with Gasteiger partial charge in [0.2, 0.25) is 0 Å². The number of nitrogens with zero attached hydrogens (tertiary/aromatic N) is 2. The van der Waals surface area contributed by atoms with Gasteiger partial charge in [0.05, 0.1) is 22.8 Å². The normalized spacial score (nSPS) is 11.1. The van der Waals surface area contributed by atoms with Crippen LogP contribution in [0.3, 0.4) is 0 Å². The number of esters is 1. The number of alkyl halides is 1. The quantitative estimate of drug-likeness (QED) is 0.443. The molecule has 0 bridgehead atoms. The summed E-state index contributed by atoms with van der Waals surface area (Å²) in [6, 6.07) is 14.5. The van der Waals surface area contributed by atoms with Gasteiger partial charge in [-0.25, -0.2) is 9.31 Å². The fourth-order valence-electron chi connectivity index (χ4n) is 2.92. The highest BCUT2D eigenvalue weighted by atomic mass is 35.5. The van der Waals surface area contributed by atoms with Crippen LogP contribution < -0.4 is 5.56 Å². The van der Waals surface area contributed by atoms with Crippen molar-refractivity contribution < 1.29 is 9.53 Å². The van der Waals surface area contributed by atoms with Gasteiger partial charge in [-0.15, -0.1) is 11.6 Å². The molecule has 6 nitrogen and oxygen atoms in total. The Labute approximate surface area is 153 Å². The first-order valence-corrected chi connectivity index (χ1v) is 8.51. The topological polar surface area (TPSA) is 76.5 Å². The first kappa shape index (κ1) is 16.4. The minimum absolute atomic E-state index is 0.116. The van der Waals surface area contributed by atoms with Crippen LogP contribution in [0.4, 0.5) is 0 Å². The highest BCUT2D eigenvalue weighted by Gasteiger charge is 2.20. The summed E-state index contributed by atoms with van der Waals surface area (Å²) >= 11 is 6.01. The van der Waals surface area contributed by atoms with Crippen LogP contribution >= 0.6 is 11.6 Å². The molecule has 0 fully saturated rings. The maximum Gasteiger partial charge on any atom is 0.341 e. The van der Waals surface area contributed by atoms with E-state index in [1.807, 2.05) is 30.3 Å². The molecule has 4 rings (SSSR count). The molecule has 2 aromatic carbocycles. The number of aromatic amines is 1. The van der Waals surface area contributed by atoms with Gasteiger partial charge in [-0.2, -0.15) is 5.10 Å². The first-order chi connectivity index (χ1) is 12.7. The molecule has 1 N–H and O–H groups in total. The summed E-state index contributed by atoms with van der Waals surface area (Å²) < 4.78 is 6.95. The van der Waals surface area contributed by atoms with Gasteiger partial charge in [0.1, 0.15) is 12.1 Å². The second-order valence-electron chi connectivity index (χ2n) is 5.77. The van der Waals surface area contributed by atoms with Crippen LogP contribution in [-0.4, -0.2) is 20.6 Å². The molecule has 0 saturated carbocycles. The monoisotopic (exact) mass is 367 g/mol. The van der Waals surface area contributed by atoms with Gasteiger partial charge in [0.25, 0.3) is 5.56 Å². The van der Waals surface area contributed by atoms with E-state index in [0.29, 0.717) is 22.1 Å². The van der Waals surface area contributed by atoms with E-state index in [1.165, 1.54) is 10.7 Å². The Bertz CT molecular complexity index is 1170. The van der Waals surface area contributed by atoms with Crippen molar-refractivity contribution >= 4 is 34.1 Å². The van der Waals surface area contributed by atoms with Crippen LogP contribution in [0, 0.1) is 0 Å². The van der Waals surface area contributed by atoms with Crippen LogP contribution in [0.15, 0.2) is 59.5 Å². The van der Waals surface area contributed by atoms with E-state index in [1.54, 1.807) is 18.2 Å². The molecule has 0 aliphatic heterocycles. The lowest BCUT2D eigenvalue weighted by Gasteiger charge is -2.12. The van der Waals surface area contributed by atoms with Crippen molar-refractivity contribution in [2.24, 2.45) is 0 Å². The molecule has 130 valence electrons. The number of halogens is 1. The summed E-state index contributed by atoms with van der Waals surface area (Å²) in [6.07, 6.45) is 1.53. The van der Waals surface area contributed by atoms with Crippen molar-refractivity contribution in [2.45, 2.75) is 12.5 Å². The summed E-state index contributed by atoms with van der Waals surface area (Å²) in [4.78, 5) is 27.8. The van der Waals surface area contributed by atoms with Crippen molar-refractivity contribution in [3.8, 4) is 0 Å². The largest absolute Gasteiger partial charge is 0.457 e. The number of fused-ring (bicyclic) bond motifs is 3. The molecule has 0 unspecified atom stereocenters. The summed E-state index contributed by atoms with van der Waals surface area (Å²) in [5.74, 6) is -0.428. The van der Waals surface area contributed by atoms with E-state index in [4.69, 9.17) is 16.3 Å². The number of carbonyl (C=O) groups excluding carboxylic acids is 1. The number of nitrogens with one attached hydrogen (secondary N) is 1. The van der Waals surface area contributed by atoms with Gasteiger partial charge in [0.15, 0.2) is 0 Å². The number of rotatable bonds is 4. The molecule has 0 amide bonds. The second kappa shape index (κ2) is 6.65. The van der Waals surface area contributed by atoms with E-state index >= 15 is 0 Å². The molecular formula is C19H14ClN3O3. The number of H-pyrrole nitrogens is 1. The van der Waals surface area contributed by atoms with E-state index in [9.17, 15) is 9.59 Å². The lowest BCUT2D eigenvalue weighted by Crippen LogP contribution is -2.16. The second-order valence-corrected chi connectivity index (χ2v) is 6.04. The lowest BCUT2D eigenvalue weighted by atomic mass is 10.1. The number of carbonyl (C=O) groups is 1. The predicted octanol–water partition coefficient (Wildman–Crippen LogP) is 3.27. The number of hydrogen-bond donors (Lipinski definition) is 1. The van der Waals surface area contributed by atoms with Crippen LogP contribution in [0.2, 0.25) is 0 Å². The Morgan fingerprint density at radius 3 is 2.69 bits per heavy atom. The van der Waals surface area contributed by atoms with Gasteiger partial charge < -0.3 is 9.72 Å². The zero-order chi connectivity index (χ0) is 18.1. The Hall–Kier alpha value is -3.12.